The maximum absolute atomic E-state index is 6.38. The fourth-order valence-electron chi connectivity index (χ4n) is 4.77. The van der Waals surface area contributed by atoms with Gasteiger partial charge in [-0.3, -0.25) is 4.90 Å². The number of hydrogen-bond acceptors (Lipinski definition) is 4. The van der Waals surface area contributed by atoms with Crippen LogP contribution in [-0.4, -0.2) is 100 Å². The van der Waals surface area contributed by atoms with E-state index >= 15 is 0 Å². The van der Waals surface area contributed by atoms with E-state index in [0.29, 0.717) is 17.5 Å². The van der Waals surface area contributed by atoms with Crippen molar-refractivity contribution in [3.63, 3.8) is 0 Å². The van der Waals surface area contributed by atoms with Crippen LogP contribution in [0.2, 0.25) is 0 Å². The predicted octanol–water partition coefficient (Wildman–Crippen LogP) is -2.89. The zero-order valence-corrected chi connectivity index (χ0v) is 21.1. The minimum absolute atomic E-state index is 0.254. The molecule has 0 bridgehead atoms. The van der Waals surface area contributed by atoms with Crippen molar-refractivity contribution >= 4 is 47.1 Å². The molecule has 3 rings (SSSR count). The Morgan fingerprint density at radius 3 is 2.03 bits per heavy atom. The molecule has 158 valence electrons. The minimum atomic E-state index is -0.264. The van der Waals surface area contributed by atoms with Crippen LogP contribution in [0.4, 0.5) is 0 Å². The summed E-state index contributed by atoms with van der Waals surface area (Å²) in [6.45, 7) is 10.4. The number of ether oxygens (including phenoxy) is 2. The first-order valence-corrected chi connectivity index (χ1v) is 11.6. The molecule has 0 radical (unpaired) electrons. The summed E-state index contributed by atoms with van der Waals surface area (Å²) in [5.41, 5.74) is 3.19. The van der Waals surface area contributed by atoms with Crippen LogP contribution < -0.4 is 9.47 Å². The largest absolute Gasteiger partial charge is 0.510 e. The molecule has 2 aliphatic heterocycles. The number of hydrogen-bond donors (Lipinski definition) is 0. The lowest BCUT2D eigenvalue weighted by atomic mass is 9.52. The molecular weight excluding hydrogens is 365 g/mol. The van der Waals surface area contributed by atoms with Gasteiger partial charge in [0.25, 0.3) is 0 Å². The van der Waals surface area contributed by atoms with Crippen LogP contribution in [0.1, 0.15) is 44.4 Å². The number of nitrogens with zero attached hydrogens (tertiary/aromatic N) is 2. The summed E-state index contributed by atoms with van der Waals surface area (Å²) >= 11 is 0. The summed E-state index contributed by atoms with van der Waals surface area (Å²) in [6, 6.07) is 5.58. The van der Waals surface area contributed by atoms with Crippen LogP contribution in [0.5, 0.6) is 11.5 Å². The third-order valence-corrected chi connectivity index (χ3v) is 5.88. The molecule has 1 aromatic rings. The van der Waals surface area contributed by atoms with Crippen molar-refractivity contribution in [2.24, 2.45) is 5.41 Å². The molecule has 1 saturated heterocycles. The second kappa shape index (κ2) is 8.24. The molecule has 1 aromatic carbocycles. The molecule has 0 aliphatic carbocycles. The molecule has 0 unspecified atom stereocenters. The standard InChI is InChI=1S/C20H38B6N2O2/c1-18(2,3)9-13-10-28-6-5-12-7-16(29-19(21,22)23)17(30-20(24,25)26)8-14(12)15(28)11-27(13)4/h7-8,13,15H,5-6,9-11,21-26H2,1-4H3/t13-,15-/m1/s1. The summed E-state index contributed by atoms with van der Waals surface area (Å²) in [5.74, 6) is 1.75. The van der Waals surface area contributed by atoms with E-state index in [4.69, 9.17) is 9.47 Å². The summed E-state index contributed by atoms with van der Waals surface area (Å²) in [6.07, 6.45) is 2.31. The predicted molar refractivity (Wildman–Crippen MR) is 143 cm³/mol. The maximum atomic E-state index is 6.38. The highest BCUT2D eigenvalue weighted by molar-refractivity contribution is 6.59. The van der Waals surface area contributed by atoms with E-state index in [1.54, 1.807) is 0 Å². The molecule has 0 saturated carbocycles. The monoisotopic (exact) mass is 404 g/mol. The summed E-state index contributed by atoms with van der Waals surface area (Å²) < 4.78 is 12.7. The van der Waals surface area contributed by atoms with Crippen molar-refractivity contribution in [2.75, 3.05) is 26.7 Å². The highest BCUT2D eigenvalue weighted by Gasteiger charge is 2.38. The number of fused-ring (bicyclic) bond motifs is 3. The average Bonchev–Trinajstić information content (AvgIpc) is 2.52. The van der Waals surface area contributed by atoms with Gasteiger partial charge in [0.2, 0.25) is 0 Å². The lowest BCUT2D eigenvalue weighted by Gasteiger charge is -2.49. The lowest BCUT2D eigenvalue weighted by Crippen LogP contribution is -2.55. The van der Waals surface area contributed by atoms with Crippen LogP contribution in [-0.2, 0) is 6.42 Å². The van der Waals surface area contributed by atoms with E-state index in [1.807, 2.05) is 0 Å². The van der Waals surface area contributed by atoms with Gasteiger partial charge in [0.1, 0.15) is 47.1 Å². The third kappa shape index (κ3) is 6.09. The van der Waals surface area contributed by atoms with Crippen molar-refractivity contribution in [1.29, 1.82) is 0 Å². The van der Waals surface area contributed by atoms with Crippen molar-refractivity contribution in [2.45, 2.75) is 56.3 Å². The Bertz CT molecular complexity index is 772. The average molecular weight is 403 g/mol. The van der Waals surface area contributed by atoms with Crippen LogP contribution in [0.25, 0.3) is 0 Å². The van der Waals surface area contributed by atoms with E-state index in [9.17, 15) is 0 Å². The van der Waals surface area contributed by atoms with Gasteiger partial charge in [-0.1, -0.05) is 20.8 Å². The third-order valence-electron chi connectivity index (χ3n) is 5.88. The fraction of sp³-hybridized carbons (Fsp3) is 0.700. The molecule has 2 aliphatic rings. The molecule has 1 fully saturated rings. The van der Waals surface area contributed by atoms with Crippen molar-refractivity contribution in [1.82, 2.24) is 9.80 Å². The number of piperazine rings is 1. The summed E-state index contributed by atoms with van der Waals surface area (Å²) in [7, 11) is 14.9. The molecule has 0 N–H and O–H groups in total. The quantitative estimate of drug-likeness (QED) is 0.493. The highest BCUT2D eigenvalue weighted by atomic mass is 16.5. The first kappa shape index (κ1) is 23.8. The highest BCUT2D eigenvalue weighted by Crippen LogP contribution is 2.42. The van der Waals surface area contributed by atoms with Gasteiger partial charge in [0, 0.05) is 42.3 Å². The molecule has 2 heterocycles. The van der Waals surface area contributed by atoms with Crippen LogP contribution in [0.3, 0.4) is 0 Å². The Hall–Kier alpha value is -0.870. The van der Waals surface area contributed by atoms with Crippen molar-refractivity contribution in [3.05, 3.63) is 23.3 Å². The van der Waals surface area contributed by atoms with Gasteiger partial charge in [-0.05, 0) is 48.6 Å². The van der Waals surface area contributed by atoms with Crippen LogP contribution in [0.15, 0.2) is 12.1 Å². The molecular formula is C20H38B6N2O2. The molecule has 0 amide bonds. The van der Waals surface area contributed by atoms with Crippen molar-refractivity contribution < 1.29 is 9.47 Å². The van der Waals surface area contributed by atoms with E-state index in [0.717, 1.165) is 37.6 Å². The van der Waals surface area contributed by atoms with Gasteiger partial charge >= 0.3 is 0 Å². The second-order valence-electron chi connectivity index (χ2n) is 12.5. The molecule has 10 heteroatoms. The van der Waals surface area contributed by atoms with Gasteiger partial charge in [-0.2, -0.15) is 0 Å². The van der Waals surface area contributed by atoms with Gasteiger partial charge in [0.15, 0.2) is 11.5 Å². The molecule has 0 spiro atoms. The van der Waals surface area contributed by atoms with E-state index in [2.05, 4.69) is 96.8 Å². The smallest absolute Gasteiger partial charge is 0.159 e. The molecule has 30 heavy (non-hydrogen) atoms. The zero-order chi connectivity index (χ0) is 22.5. The molecule has 4 nitrogen and oxygen atoms in total. The van der Waals surface area contributed by atoms with Crippen molar-refractivity contribution in [3.8, 4) is 11.5 Å². The van der Waals surface area contributed by atoms with Gasteiger partial charge < -0.3 is 14.4 Å². The van der Waals surface area contributed by atoms with Gasteiger partial charge in [0.05, 0.1) is 0 Å². The van der Waals surface area contributed by atoms with E-state index < -0.39 is 0 Å². The maximum Gasteiger partial charge on any atom is 0.159 e. The summed E-state index contributed by atoms with van der Waals surface area (Å²) in [4.78, 5) is 5.27. The normalized spacial score (nSPS) is 23.5. The SMILES string of the molecule is BC(B)(B)Oc1cc2c(cc1OC(B)(B)B)[C@H]1CN(C)[C@H](CC(C)(C)C)CN1CC2. The Labute approximate surface area is 189 Å². The first-order valence-electron chi connectivity index (χ1n) is 11.6. The molecule has 2 atom stereocenters. The number of likely N-dealkylation sites (N-methyl/N-ethyl adjacent to an activating group) is 1. The topological polar surface area (TPSA) is 24.9 Å². The Balaban J connectivity index is 1.93. The van der Waals surface area contributed by atoms with Gasteiger partial charge in [-0.15, -0.1) is 0 Å². The van der Waals surface area contributed by atoms with Gasteiger partial charge in [-0.25, -0.2) is 0 Å². The first-order chi connectivity index (χ1) is 13.6. The lowest BCUT2D eigenvalue weighted by molar-refractivity contribution is 0.0212. The minimum Gasteiger partial charge on any atom is -0.510 e. The van der Waals surface area contributed by atoms with Crippen LogP contribution in [0, 0.1) is 5.41 Å². The second-order valence-corrected chi connectivity index (χ2v) is 12.5. The zero-order valence-electron chi connectivity index (χ0n) is 21.1. The Kier molecular flexibility index (Phi) is 6.53. The Morgan fingerprint density at radius 2 is 1.50 bits per heavy atom. The Morgan fingerprint density at radius 1 is 0.933 bits per heavy atom. The van der Waals surface area contributed by atoms with Crippen LogP contribution >= 0.6 is 0 Å². The molecule has 0 aromatic heterocycles. The number of benzene rings is 1. The number of rotatable bonds is 5. The van der Waals surface area contributed by atoms with E-state index in [-0.39, 0.29) is 10.6 Å². The van der Waals surface area contributed by atoms with E-state index in [1.165, 1.54) is 17.5 Å². The fourth-order valence-corrected chi connectivity index (χ4v) is 4.77. The summed E-state index contributed by atoms with van der Waals surface area (Å²) in [5, 5.41) is -0.518.